The largest absolute Gasteiger partial charge is 0.493 e. The van der Waals surface area contributed by atoms with E-state index >= 15 is 0 Å². The third-order valence-corrected chi connectivity index (χ3v) is 6.61. The third-order valence-electron chi connectivity index (χ3n) is 6.61. The Kier molecular flexibility index (Phi) is 8.76. The average Bonchev–Trinajstić information content (AvgIpc) is 2.85. The molecular formula is C31H39N3O2. The number of hydrogen-bond donors (Lipinski definition) is 1. The zero-order valence-corrected chi connectivity index (χ0v) is 21.9. The molecule has 0 unspecified atom stereocenters. The predicted molar refractivity (Wildman–Crippen MR) is 147 cm³/mol. The summed E-state index contributed by atoms with van der Waals surface area (Å²) in [5, 5.41) is 2.96. The van der Waals surface area contributed by atoms with Gasteiger partial charge in [0.25, 0.3) is 5.91 Å². The molecule has 1 aliphatic heterocycles. The molecule has 0 radical (unpaired) electrons. The maximum absolute atomic E-state index is 12.9. The highest BCUT2D eigenvalue weighted by Gasteiger charge is 2.16. The van der Waals surface area contributed by atoms with Crippen molar-refractivity contribution in [2.45, 2.75) is 59.4 Å². The Labute approximate surface area is 215 Å². The molecule has 5 nitrogen and oxygen atoms in total. The van der Waals surface area contributed by atoms with Gasteiger partial charge in [0.05, 0.1) is 6.61 Å². The molecule has 2 heterocycles. The number of nitrogens with zero attached hydrogens (tertiary/aromatic N) is 2. The van der Waals surface area contributed by atoms with Gasteiger partial charge in [-0.25, -0.2) is 0 Å². The number of amides is 1. The fourth-order valence-electron chi connectivity index (χ4n) is 4.51. The van der Waals surface area contributed by atoms with E-state index in [1.165, 1.54) is 24.0 Å². The van der Waals surface area contributed by atoms with Crippen molar-refractivity contribution in [3.8, 4) is 5.75 Å². The van der Waals surface area contributed by atoms with Gasteiger partial charge in [0.15, 0.2) is 0 Å². The van der Waals surface area contributed by atoms with Crippen LogP contribution in [0.4, 0.5) is 5.69 Å². The molecule has 0 aliphatic carbocycles. The Bertz CT molecular complexity index is 1140. The van der Waals surface area contributed by atoms with Crippen molar-refractivity contribution in [3.63, 3.8) is 0 Å². The first-order valence-corrected chi connectivity index (χ1v) is 13.1. The van der Waals surface area contributed by atoms with Crippen molar-refractivity contribution < 1.29 is 9.53 Å². The number of pyridine rings is 1. The fraction of sp³-hybridized carbons (Fsp3) is 0.419. The van der Waals surface area contributed by atoms with Gasteiger partial charge in [0.2, 0.25) is 0 Å². The lowest BCUT2D eigenvalue weighted by molar-refractivity contribution is 0.102. The van der Waals surface area contributed by atoms with E-state index in [-0.39, 0.29) is 5.91 Å². The number of carbonyl (C=O) groups is 1. The summed E-state index contributed by atoms with van der Waals surface area (Å²) >= 11 is 0. The lowest BCUT2D eigenvalue weighted by atomic mass is 9.92. The summed E-state index contributed by atoms with van der Waals surface area (Å²) in [6.45, 7) is 10.9. The number of nitrogens with one attached hydrogen (secondary N) is 1. The SMILES string of the molecule is CC(C)(C)CCN1CCCCCOc2ccc(C(=O)Nc3ccncc3)cc2Cc2cccc(c2)C1. The molecule has 36 heavy (non-hydrogen) atoms. The summed E-state index contributed by atoms with van der Waals surface area (Å²) in [4.78, 5) is 19.5. The van der Waals surface area contributed by atoms with E-state index in [0.717, 1.165) is 55.9 Å². The Balaban J connectivity index is 1.56. The van der Waals surface area contributed by atoms with Crippen molar-refractivity contribution in [3.05, 3.63) is 89.2 Å². The number of hydrogen-bond acceptors (Lipinski definition) is 4. The molecule has 2 aromatic carbocycles. The topological polar surface area (TPSA) is 54.5 Å². The molecule has 4 rings (SSSR count). The van der Waals surface area contributed by atoms with Gasteiger partial charge in [-0.05, 0) is 91.2 Å². The smallest absolute Gasteiger partial charge is 0.255 e. The quantitative estimate of drug-likeness (QED) is 0.445. The van der Waals surface area contributed by atoms with Gasteiger partial charge in [-0.15, -0.1) is 0 Å². The first-order valence-electron chi connectivity index (χ1n) is 13.1. The monoisotopic (exact) mass is 485 g/mol. The van der Waals surface area contributed by atoms with E-state index in [4.69, 9.17) is 4.74 Å². The average molecular weight is 486 g/mol. The standard InChI is InChI=1S/C31H39N3O2/c1-31(2,3)14-18-34-17-5-4-6-19-36-29-11-10-26(30(35)33-28-12-15-32-16-13-28)22-27(29)21-24-8-7-9-25(20-24)23-34/h7-13,15-16,20,22H,4-6,14,17-19,21,23H2,1-3H3,(H,32,33,35). The Hall–Kier alpha value is -3.18. The molecule has 5 heteroatoms. The summed E-state index contributed by atoms with van der Waals surface area (Å²) in [6.07, 6.45) is 8.60. The number of ether oxygens (including phenoxy) is 1. The minimum atomic E-state index is -0.133. The molecule has 0 atom stereocenters. The van der Waals surface area contributed by atoms with Crippen LogP contribution in [0.25, 0.3) is 0 Å². The minimum Gasteiger partial charge on any atom is -0.493 e. The first kappa shape index (κ1) is 25.9. The summed E-state index contributed by atoms with van der Waals surface area (Å²) in [7, 11) is 0. The number of benzene rings is 2. The van der Waals surface area contributed by atoms with Gasteiger partial charge in [0.1, 0.15) is 5.75 Å². The zero-order chi connectivity index (χ0) is 25.4. The second-order valence-corrected chi connectivity index (χ2v) is 11.0. The van der Waals surface area contributed by atoms with E-state index in [1.54, 1.807) is 24.5 Å². The van der Waals surface area contributed by atoms with Gasteiger partial charge < -0.3 is 10.1 Å². The van der Waals surface area contributed by atoms with E-state index in [1.807, 2.05) is 18.2 Å². The predicted octanol–water partition coefficient (Wildman–Crippen LogP) is 6.73. The van der Waals surface area contributed by atoms with Crippen molar-refractivity contribution >= 4 is 11.6 Å². The van der Waals surface area contributed by atoms with Gasteiger partial charge in [0, 0.05) is 36.6 Å². The Morgan fingerprint density at radius 3 is 2.61 bits per heavy atom. The molecule has 1 aliphatic rings. The maximum Gasteiger partial charge on any atom is 0.255 e. The van der Waals surface area contributed by atoms with Crippen molar-refractivity contribution in [2.75, 3.05) is 25.0 Å². The molecule has 1 amide bonds. The van der Waals surface area contributed by atoms with Gasteiger partial charge >= 0.3 is 0 Å². The fourth-order valence-corrected chi connectivity index (χ4v) is 4.51. The lowest BCUT2D eigenvalue weighted by Gasteiger charge is -2.27. The molecule has 2 bridgehead atoms. The van der Waals surface area contributed by atoms with Crippen LogP contribution in [-0.2, 0) is 13.0 Å². The van der Waals surface area contributed by atoms with Crippen LogP contribution in [0.2, 0.25) is 0 Å². The number of aromatic nitrogens is 1. The highest BCUT2D eigenvalue weighted by molar-refractivity contribution is 6.04. The van der Waals surface area contributed by atoms with E-state index in [2.05, 4.69) is 60.2 Å². The van der Waals surface area contributed by atoms with Crippen LogP contribution in [0.1, 0.15) is 73.5 Å². The highest BCUT2D eigenvalue weighted by Crippen LogP contribution is 2.26. The summed E-state index contributed by atoms with van der Waals surface area (Å²) in [5.41, 5.74) is 5.30. The van der Waals surface area contributed by atoms with Crippen molar-refractivity contribution in [2.24, 2.45) is 5.41 Å². The van der Waals surface area contributed by atoms with Gasteiger partial charge in [-0.2, -0.15) is 0 Å². The molecule has 3 aromatic rings. The second-order valence-electron chi connectivity index (χ2n) is 11.0. The molecule has 0 saturated heterocycles. The van der Waals surface area contributed by atoms with Crippen molar-refractivity contribution in [1.29, 1.82) is 0 Å². The first-order chi connectivity index (χ1) is 17.4. The lowest BCUT2D eigenvalue weighted by Crippen LogP contribution is -2.28. The summed E-state index contributed by atoms with van der Waals surface area (Å²) < 4.78 is 6.22. The molecular weight excluding hydrogens is 446 g/mol. The van der Waals surface area contributed by atoms with Crippen LogP contribution in [0.5, 0.6) is 5.75 Å². The Morgan fingerprint density at radius 1 is 1.00 bits per heavy atom. The summed E-state index contributed by atoms with van der Waals surface area (Å²) in [5.74, 6) is 0.733. The number of anilines is 1. The molecule has 190 valence electrons. The number of rotatable bonds is 4. The van der Waals surface area contributed by atoms with Crippen LogP contribution in [0, 0.1) is 5.41 Å². The van der Waals surface area contributed by atoms with Crippen LogP contribution < -0.4 is 10.1 Å². The Morgan fingerprint density at radius 2 is 1.81 bits per heavy atom. The molecule has 1 aromatic heterocycles. The normalized spacial score (nSPS) is 15.3. The van der Waals surface area contributed by atoms with Crippen LogP contribution >= 0.6 is 0 Å². The molecule has 0 saturated carbocycles. The summed E-state index contributed by atoms with van der Waals surface area (Å²) in [6, 6.07) is 18.2. The van der Waals surface area contributed by atoms with Gasteiger partial charge in [-0.1, -0.05) is 45.0 Å². The molecule has 0 spiro atoms. The molecule has 0 fully saturated rings. The second kappa shape index (κ2) is 12.2. The zero-order valence-electron chi connectivity index (χ0n) is 21.9. The van der Waals surface area contributed by atoms with Crippen LogP contribution in [0.3, 0.4) is 0 Å². The molecule has 1 N–H and O–H groups in total. The van der Waals surface area contributed by atoms with Gasteiger partial charge in [-0.3, -0.25) is 14.7 Å². The minimum absolute atomic E-state index is 0.133. The van der Waals surface area contributed by atoms with E-state index < -0.39 is 0 Å². The van der Waals surface area contributed by atoms with E-state index in [0.29, 0.717) is 17.6 Å². The van der Waals surface area contributed by atoms with E-state index in [9.17, 15) is 4.79 Å². The van der Waals surface area contributed by atoms with Crippen LogP contribution in [-0.4, -0.2) is 35.5 Å². The third kappa shape index (κ3) is 7.92. The van der Waals surface area contributed by atoms with Crippen molar-refractivity contribution in [1.82, 2.24) is 9.88 Å². The maximum atomic E-state index is 12.9. The number of carbonyl (C=O) groups excluding carboxylic acids is 1. The van der Waals surface area contributed by atoms with Crippen LogP contribution in [0.15, 0.2) is 67.0 Å². The highest BCUT2D eigenvalue weighted by atomic mass is 16.5. The number of fused-ring (bicyclic) bond motifs is 3.